The number of anilines is 1. The molecule has 1 amide bonds. The predicted molar refractivity (Wildman–Crippen MR) is 126 cm³/mol. The Labute approximate surface area is 192 Å². The number of hydrogen-bond acceptors (Lipinski definition) is 4. The molecule has 2 aliphatic heterocycles. The van der Waals surface area contributed by atoms with Crippen LogP contribution in [0.2, 0.25) is 5.02 Å². The monoisotopic (exact) mass is 448 g/mol. The minimum Gasteiger partial charge on any atom is -0.497 e. The summed E-state index contributed by atoms with van der Waals surface area (Å²) in [5.74, 6) is 0.889. The molecule has 3 atom stereocenters. The van der Waals surface area contributed by atoms with Crippen LogP contribution in [0, 0.1) is 0 Å². The summed E-state index contributed by atoms with van der Waals surface area (Å²) >= 11 is 6.04. The van der Waals surface area contributed by atoms with Crippen molar-refractivity contribution >= 4 is 23.2 Å². The van der Waals surface area contributed by atoms with Crippen molar-refractivity contribution in [2.24, 2.45) is 0 Å². The maximum absolute atomic E-state index is 13.5. The Morgan fingerprint density at radius 1 is 1.06 bits per heavy atom. The number of halogens is 1. The second kappa shape index (κ2) is 8.58. The van der Waals surface area contributed by atoms with Crippen LogP contribution in [0.4, 0.5) is 5.69 Å². The van der Waals surface area contributed by atoms with Gasteiger partial charge in [-0.25, -0.2) is 0 Å². The summed E-state index contributed by atoms with van der Waals surface area (Å²) in [4.78, 5) is 17.7. The number of fused-ring (bicyclic) bond motifs is 3. The molecule has 3 aromatic rings. The molecule has 1 saturated heterocycles. The van der Waals surface area contributed by atoms with Gasteiger partial charge in [0.25, 0.3) is 5.91 Å². The third kappa shape index (κ3) is 3.56. The summed E-state index contributed by atoms with van der Waals surface area (Å²) in [6, 6.07) is 23.3. The molecule has 0 unspecified atom stereocenters. The highest BCUT2D eigenvalue weighted by Gasteiger charge is 2.53. The summed E-state index contributed by atoms with van der Waals surface area (Å²) in [6.07, 6.45) is 0. The van der Waals surface area contributed by atoms with E-state index in [1.54, 1.807) is 19.2 Å². The average molecular weight is 449 g/mol. The van der Waals surface area contributed by atoms with Gasteiger partial charge in [0.2, 0.25) is 0 Å². The number of para-hydroxylation sites is 1. The Morgan fingerprint density at radius 2 is 1.78 bits per heavy atom. The van der Waals surface area contributed by atoms with Crippen LogP contribution >= 0.6 is 11.6 Å². The van der Waals surface area contributed by atoms with Crippen LogP contribution < -0.4 is 9.64 Å². The smallest absolute Gasteiger partial charge is 0.258 e. The molecule has 0 bridgehead atoms. The molecule has 6 heteroatoms. The van der Waals surface area contributed by atoms with E-state index in [4.69, 9.17) is 16.3 Å². The van der Waals surface area contributed by atoms with Gasteiger partial charge in [-0.1, -0.05) is 41.9 Å². The second-order valence-electron chi connectivity index (χ2n) is 8.34. The zero-order valence-electron chi connectivity index (χ0n) is 17.8. The first-order chi connectivity index (χ1) is 15.6. The minimum atomic E-state index is -0.0301. The normalized spacial score (nSPS) is 22.0. The third-order valence-corrected chi connectivity index (χ3v) is 6.94. The number of ether oxygens (including phenoxy) is 1. The average Bonchev–Trinajstić information content (AvgIpc) is 2.83. The van der Waals surface area contributed by atoms with E-state index in [-0.39, 0.29) is 30.5 Å². The molecule has 2 aliphatic rings. The van der Waals surface area contributed by atoms with Crippen molar-refractivity contribution in [1.29, 1.82) is 0 Å². The van der Waals surface area contributed by atoms with Crippen LogP contribution in [0.1, 0.15) is 27.4 Å². The summed E-state index contributed by atoms with van der Waals surface area (Å²) in [5, 5.41) is 10.9. The molecule has 0 radical (unpaired) electrons. The molecule has 32 heavy (non-hydrogen) atoms. The number of likely N-dealkylation sites (tertiary alicyclic amines) is 1. The number of nitrogens with zero attached hydrogens (tertiary/aromatic N) is 2. The van der Waals surface area contributed by atoms with E-state index in [9.17, 15) is 9.90 Å². The van der Waals surface area contributed by atoms with Gasteiger partial charge in [-0.15, -0.1) is 0 Å². The first-order valence-corrected chi connectivity index (χ1v) is 11.1. The van der Waals surface area contributed by atoms with Crippen molar-refractivity contribution in [1.82, 2.24) is 4.90 Å². The molecule has 0 spiro atoms. The molecular formula is C26H25ClN2O3. The number of amides is 1. The van der Waals surface area contributed by atoms with Gasteiger partial charge < -0.3 is 14.7 Å². The third-order valence-electron chi connectivity index (χ3n) is 6.68. The lowest BCUT2D eigenvalue weighted by Gasteiger charge is -2.59. The lowest BCUT2D eigenvalue weighted by Crippen LogP contribution is -2.68. The Bertz CT molecular complexity index is 1120. The highest BCUT2D eigenvalue weighted by molar-refractivity contribution is 6.30. The molecule has 164 valence electrons. The van der Waals surface area contributed by atoms with Gasteiger partial charge in [-0.05, 0) is 53.6 Å². The van der Waals surface area contributed by atoms with E-state index < -0.39 is 0 Å². The van der Waals surface area contributed by atoms with Crippen LogP contribution in [0.3, 0.4) is 0 Å². The fourth-order valence-corrected chi connectivity index (χ4v) is 5.21. The lowest BCUT2D eigenvalue weighted by molar-refractivity contribution is -0.0488. The summed E-state index contributed by atoms with van der Waals surface area (Å²) in [6.45, 7) is 1.36. The van der Waals surface area contributed by atoms with Gasteiger partial charge in [0.1, 0.15) is 5.75 Å². The molecular weight excluding hydrogens is 424 g/mol. The number of rotatable bonds is 5. The van der Waals surface area contributed by atoms with Crippen LogP contribution in [0.25, 0.3) is 0 Å². The van der Waals surface area contributed by atoms with Crippen LogP contribution in [-0.2, 0) is 6.54 Å². The molecule has 3 aromatic carbocycles. The second-order valence-corrected chi connectivity index (χ2v) is 8.78. The van der Waals surface area contributed by atoms with Gasteiger partial charge in [0, 0.05) is 47.4 Å². The number of aliphatic hydroxyl groups is 1. The zero-order chi connectivity index (χ0) is 22.2. The van der Waals surface area contributed by atoms with Gasteiger partial charge in [0.05, 0.1) is 13.7 Å². The van der Waals surface area contributed by atoms with Gasteiger partial charge in [-0.2, -0.15) is 0 Å². The van der Waals surface area contributed by atoms with E-state index in [2.05, 4.69) is 11.0 Å². The van der Waals surface area contributed by atoms with Crippen molar-refractivity contribution in [3.8, 4) is 5.75 Å². The fourth-order valence-electron chi connectivity index (χ4n) is 5.08. The Balaban J connectivity index is 1.46. The molecule has 0 saturated carbocycles. The number of aliphatic hydroxyl groups excluding tert-OH is 1. The summed E-state index contributed by atoms with van der Waals surface area (Å²) < 4.78 is 5.23. The Hall–Kier alpha value is -2.86. The summed E-state index contributed by atoms with van der Waals surface area (Å²) in [7, 11) is 1.61. The van der Waals surface area contributed by atoms with Crippen LogP contribution in [0.15, 0.2) is 72.8 Å². The largest absolute Gasteiger partial charge is 0.497 e. The van der Waals surface area contributed by atoms with Crippen molar-refractivity contribution in [3.05, 3.63) is 94.5 Å². The standard InChI is InChI=1S/C26H25ClN2O3/c1-32-20-12-8-18(9-13-20)26(31)29-15-23-25(21-4-2-3-5-22(21)29)24(16-30)28(23)14-17-6-10-19(27)11-7-17/h2-13,23-25,30H,14-16H2,1H3/t23-,24+,25+/m0/s1. The molecule has 5 rings (SSSR count). The van der Waals surface area contributed by atoms with E-state index in [1.165, 1.54) is 0 Å². The SMILES string of the molecule is COc1ccc(C(=O)N2C[C@H]3[C@@H](c4ccccc42)[C@@H](CO)N3Cc2ccc(Cl)cc2)cc1. The van der Waals surface area contributed by atoms with E-state index >= 15 is 0 Å². The Morgan fingerprint density at radius 3 is 2.47 bits per heavy atom. The van der Waals surface area contributed by atoms with Gasteiger partial charge in [-0.3, -0.25) is 9.69 Å². The van der Waals surface area contributed by atoms with Crippen LogP contribution in [-0.4, -0.2) is 48.3 Å². The molecule has 5 nitrogen and oxygen atoms in total. The van der Waals surface area contributed by atoms with Crippen molar-refractivity contribution in [2.45, 2.75) is 24.5 Å². The number of methoxy groups -OCH3 is 1. The van der Waals surface area contributed by atoms with Crippen molar-refractivity contribution < 1.29 is 14.6 Å². The van der Waals surface area contributed by atoms with Crippen molar-refractivity contribution in [3.63, 3.8) is 0 Å². The van der Waals surface area contributed by atoms with Gasteiger partial charge in [0.15, 0.2) is 0 Å². The lowest BCUT2D eigenvalue weighted by atomic mass is 9.71. The van der Waals surface area contributed by atoms with Crippen LogP contribution in [0.5, 0.6) is 5.75 Å². The van der Waals surface area contributed by atoms with Crippen molar-refractivity contribution in [2.75, 3.05) is 25.2 Å². The maximum atomic E-state index is 13.5. The molecule has 1 fully saturated rings. The number of carbonyl (C=O) groups excluding carboxylic acids is 1. The zero-order valence-corrected chi connectivity index (χ0v) is 18.6. The first kappa shape index (κ1) is 21.0. The molecule has 1 N–H and O–H groups in total. The minimum absolute atomic E-state index is 0.0232. The first-order valence-electron chi connectivity index (χ1n) is 10.8. The Kier molecular flexibility index (Phi) is 5.64. The number of benzene rings is 3. The predicted octanol–water partition coefficient (Wildman–Crippen LogP) is 4.34. The number of carbonyl (C=O) groups is 1. The van der Waals surface area contributed by atoms with E-state index in [0.29, 0.717) is 23.7 Å². The molecule has 0 aromatic heterocycles. The molecule has 2 heterocycles. The van der Waals surface area contributed by atoms with E-state index in [0.717, 1.165) is 22.6 Å². The van der Waals surface area contributed by atoms with Gasteiger partial charge >= 0.3 is 0 Å². The number of hydrogen-bond donors (Lipinski definition) is 1. The molecule has 0 aliphatic carbocycles. The summed E-state index contributed by atoms with van der Waals surface area (Å²) in [5.41, 5.74) is 3.82. The quantitative estimate of drug-likeness (QED) is 0.631. The van der Waals surface area contributed by atoms with E-state index in [1.807, 2.05) is 59.5 Å². The highest BCUT2D eigenvalue weighted by atomic mass is 35.5. The topological polar surface area (TPSA) is 53.0 Å². The fraction of sp³-hybridized carbons (Fsp3) is 0.269. The highest BCUT2D eigenvalue weighted by Crippen LogP contribution is 2.49. The maximum Gasteiger partial charge on any atom is 0.258 e.